The molecule has 1 heterocycles. The first-order chi connectivity index (χ1) is 8.09. The lowest BCUT2D eigenvalue weighted by Gasteiger charge is -2.08. The van der Waals surface area contributed by atoms with Crippen molar-refractivity contribution in [1.82, 2.24) is 9.97 Å². The fraction of sp³-hybridized carbons (Fsp3) is 0.636. The summed E-state index contributed by atoms with van der Waals surface area (Å²) < 4.78 is 5.46. The third-order valence-corrected chi connectivity index (χ3v) is 2.38. The topological polar surface area (TPSA) is 47.0 Å². The molecule has 1 aromatic heterocycles. The van der Waals surface area contributed by atoms with Crippen molar-refractivity contribution in [3.63, 3.8) is 0 Å². The van der Waals surface area contributed by atoms with Crippen LogP contribution in [0.4, 0.5) is 5.82 Å². The number of halogens is 2. The lowest BCUT2D eigenvalue weighted by Crippen LogP contribution is -2.09. The number of aromatic nitrogens is 2. The number of nitrogens with zero attached hydrogens (tertiary/aromatic N) is 2. The van der Waals surface area contributed by atoms with Crippen molar-refractivity contribution < 1.29 is 4.74 Å². The van der Waals surface area contributed by atoms with E-state index in [1.807, 2.05) is 0 Å². The van der Waals surface area contributed by atoms with E-state index in [4.69, 9.17) is 27.9 Å². The molecule has 0 fully saturated rings. The third-order valence-electron chi connectivity index (χ3n) is 1.92. The molecule has 17 heavy (non-hydrogen) atoms. The van der Waals surface area contributed by atoms with E-state index >= 15 is 0 Å². The zero-order chi connectivity index (χ0) is 12.7. The van der Waals surface area contributed by atoms with Crippen LogP contribution in [-0.2, 0) is 4.74 Å². The van der Waals surface area contributed by atoms with Crippen LogP contribution in [-0.4, -0.2) is 29.7 Å². The normalized spacial score (nSPS) is 10.9. The molecule has 96 valence electrons. The van der Waals surface area contributed by atoms with Gasteiger partial charge in [0, 0.05) is 19.8 Å². The molecule has 0 aliphatic heterocycles. The minimum Gasteiger partial charge on any atom is -0.381 e. The maximum absolute atomic E-state index is 5.90. The van der Waals surface area contributed by atoms with Crippen molar-refractivity contribution in [2.24, 2.45) is 5.92 Å². The minimum absolute atomic E-state index is 0.188. The van der Waals surface area contributed by atoms with Gasteiger partial charge >= 0.3 is 0 Å². The molecule has 0 spiro atoms. The summed E-state index contributed by atoms with van der Waals surface area (Å²) in [4.78, 5) is 7.76. The van der Waals surface area contributed by atoms with Crippen molar-refractivity contribution in [3.05, 3.63) is 16.5 Å². The van der Waals surface area contributed by atoms with E-state index in [-0.39, 0.29) is 5.28 Å². The number of hydrogen-bond donors (Lipinski definition) is 1. The van der Waals surface area contributed by atoms with Gasteiger partial charge in [-0.05, 0) is 23.9 Å². The summed E-state index contributed by atoms with van der Waals surface area (Å²) in [6.07, 6.45) is 2.37. The largest absolute Gasteiger partial charge is 0.381 e. The molecule has 0 atom stereocenters. The second-order valence-electron chi connectivity index (χ2n) is 4.08. The van der Waals surface area contributed by atoms with Crippen LogP contribution in [0.1, 0.15) is 20.3 Å². The molecule has 0 saturated heterocycles. The second kappa shape index (κ2) is 7.69. The fourth-order valence-corrected chi connectivity index (χ4v) is 1.46. The molecular weight excluding hydrogens is 261 g/mol. The number of rotatable bonds is 7. The van der Waals surface area contributed by atoms with E-state index in [9.17, 15) is 0 Å². The lowest BCUT2D eigenvalue weighted by atomic mass is 10.2. The number of anilines is 1. The standard InChI is InChI=1S/C11H17Cl2N3O/c1-8(2)7-17-5-3-4-14-10-9(12)6-15-11(13)16-10/h6,8H,3-5,7H2,1-2H3,(H,14,15,16). The van der Waals surface area contributed by atoms with Crippen LogP contribution in [0.25, 0.3) is 0 Å². The Labute approximate surface area is 112 Å². The molecule has 0 bridgehead atoms. The highest BCUT2D eigenvalue weighted by atomic mass is 35.5. The van der Waals surface area contributed by atoms with Crippen molar-refractivity contribution in [3.8, 4) is 0 Å². The highest BCUT2D eigenvalue weighted by Crippen LogP contribution is 2.18. The molecule has 0 aromatic carbocycles. The van der Waals surface area contributed by atoms with Gasteiger partial charge in [-0.3, -0.25) is 0 Å². The first kappa shape index (κ1) is 14.5. The van der Waals surface area contributed by atoms with Crippen LogP contribution >= 0.6 is 23.2 Å². The zero-order valence-corrected chi connectivity index (χ0v) is 11.6. The van der Waals surface area contributed by atoms with E-state index < -0.39 is 0 Å². The van der Waals surface area contributed by atoms with Gasteiger partial charge in [0.15, 0.2) is 0 Å². The summed E-state index contributed by atoms with van der Waals surface area (Å²) in [6, 6.07) is 0. The van der Waals surface area contributed by atoms with Crippen LogP contribution in [0, 0.1) is 5.92 Å². The summed E-state index contributed by atoms with van der Waals surface area (Å²) in [5, 5.41) is 3.75. The highest BCUT2D eigenvalue weighted by Gasteiger charge is 2.03. The maximum atomic E-state index is 5.90. The molecule has 0 aliphatic rings. The molecule has 0 aliphatic carbocycles. The van der Waals surface area contributed by atoms with Gasteiger partial charge in [-0.15, -0.1) is 0 Å². The Morgan fingerprint density at radius 3 is 2.88 bits per heavy atom. The van der Waals surface area contributed by atoms with Gasteiger partial charge in [-0.1, -0.05) is 25.4 Å². The Morgan fingerprint density at radius 2 is 2.18 bits per heavy atom. The molecule has 1 N–H and O–H groups in total. The van der Waals surface area contributed by atoms with Gasteiger partial charge < -0.3 is 10.1 Å². The van der Waals surface area contributed by atoms with Crippen LogP contribution < -0.4 is 5.32 Å². The SMILES string of the molecule is CC(C)COCCCNc1nc(Cl)ncc1Cl. The van der Waals surface area contributed by atoms with Crippen molar-refractivity contribution in [2.75, 3.05) is 25.1 Å². The van der Waals surface area contributed by atoms with Crippen molar-refractivity contribution in [1.29, 1.82) is 0 Å². The summed E-state index contributed by atoms with van der Waals surface area (Å²) >= 11 is 11.6. The van der Waals surface area contributed by atoms with Crippen LogP contribution in [0.3, 0.4) is 0 Å². The quantitative estimate of drug-likeness (QED) is 0.614. The molecule has 0 unspecified atom stereocenters. The first-order valence-electron chi connectivity index (χ1n) is 5.59. The average Bonchev–Trinajstić information content (AvgIpc) is 2.27. The molecule has 0 radical (unpaired) electrons. The van der Waals surface area contributed by atoms with Gasteiger partial charge in [0.2, 0.25) is 5.28 Å². The van der Waals surface area contributed by atoms with Crippen molar-refractivity contribution >= 4 is 29.0 Å². The molecular formula is C11H17Cl2N3O. The Balaban J connectivity index is 2.20. The predicted molar refractivity (Wildman–Crippen MR) is 70.8 cm³/mol. The Kier molecular flexibility index (Phi) is 6.55. The summed E-state index contributed by atoms with van der Waals surface area (Å²) in [5.74, 6) is 1.13. The number of nitrogens with one attached hydrogen (secondary N) is 1. The zero-order valence-electron chi connectivity index (χ0n) is 10.0. The predicted octanol–water partition coefficient (Wildman–Crippen LogP) is 3.26. The Morgan fingerprint density at radius 1 is 1.41 bits per heavy atom. The van der Waals surface area contributed by atoms with Gasteiger partial charge in [-0.25, -0.2) is 4.98 Å². The highest BCUT2D eigenvalue weighted by molar-refractivity contribution is 6.33. The molecule has 4 nitrogen and oxygen atoms in total. The maximum Gasteiger partial charge on any atom is 0.224 e. The average molecular weight is 278 g/mol. The van der Waals surface area contributed by atoms with E-state index in [1.54, 1.807) is 0 Å². The van der Waals surface area contributed by atoms with E-state index in [1.165, 1.54) is 6.20 Å². The van der Waals surface area contributed by atoms with Gasteiger partial charge in [0.1, 0.15) is 10.8 Å². The molecule has 1 rings (SSSR count). The fourth-order valence-electron chi connectivity index (χ4n) is 1.17. The second-order valence-corrected chi connectivity index (χ2v) is 4.83. The lowest BCUT2D eigenvalue weighted by molar-refractivity contribution is 0.110. The van der Waals surface area contributed by atoms with Crippen molar-refractivity contribution in [2.45, 2.75) is 20.3 Å². The Bertz CT molecular complexity index is 347. The summed E-state index contributed by atoms with van der Waals surface area (Å²) in [5.41, 5.74) is 0. The monoisotopic (exact) mass is 277 g/mol. The number of ether oxygens (including phenoxy) is 1. The van der Waals surface area contributed by atoms with E-state index in [2.05, 4.69) is 29.1 Å². The minimum atomic E-state index is 0.188. The van der Waals surface area contributed by atoms with E-state index in [0.29, 0.717) is 16.8 Å². The van der Waals surface area contributed by atoms with Gasteiger partial charge in [0.05, 0.1) is 6.20 Å². The van der Waals surface area contributed by atoms with Gasteiger partial charge in [-0.2, -0.15) is 4.98 Å². The van der Waals surface area contributed by atoms with Gasteiger partial charge in [0.25, 0.3) is 0 Å². The number of hydrogen-bond acceptors (Lipinski definition) is 4. The summed E-state index contributed by atoms with van der Waals surface area (Å²) in [6.45, 7) is 6.51. The molecule has 6 heteroatoms. The van der Waals surface area contributed by atoms with E-state index in [0.717, 1.165) is 26.2 Å². The Hall–Kier alpha value is -0.580. The smallest absolute Gasteiger partial charge is 0.224 e. The van der Waals surface area contributed by atoms with Crippen LogP contribution in [0.2, 0.25) is 10.3 Å². The summed E-state index contributed by atoms with van der Waals surface area (Å²) in [7, 11) is 0. The van der Waals surface area contributed by atoms with Crippen LogP contribution in [0.15, 0.2) is 6.20 Å². The van der Waals surface area contributed by atoms with Crippen LogP contribution in [0.5, 0.6) is 0 Å². The molecule has 0 amide bonds. The first-order valence-corrected chi connectivity index (χ1v) is 6.35. The molecule has 0 saturated carbocycles. The molecule has 1 aromatic rings. The third kappa shape index (κ3) is 6.05.